The summed E-state index contributed by atoms with van der Waals surface area (Å²) in [6.45, 7) is 4.61. The third-order valence-electron chi connectivity index (χ3n) is 3.71. The Balaban J connectivity index is 2.33. The Labute approximate surface area is 163 Å². The second-order valence-corrected chi connectivity index (χ2v) is 5.59. The molecule has 2 rings (SSSR count). The van der Waals surface area contributed by atoms with Gasteiger partial charge in [0.05, 0.1) is 25.9 Å². The van der Waals surface area contributed by atoms with Crippen molar-refractivity contribution < 1.29 is 28.9 Å². The zero-order valence-corrected chi connectivity index (χ0v) is 16.0. The van der Waals surface area contributed by atoms with E-state index in [1.165, 1.54) is 13.2 Å². The Hall–Kier alpha value is -3.48. The number of amides is 1. The van der Waals surface area contributed by atoms with E-state index in [4.69, 9.17) is 14.2 Å². The van der Waals surface area contributed by atoms with E-state index >= 15 is 0 Å². The molecule has 2 aromatic rings. The molecule has 0 unspecified atom stereocenters. The van der Waals surface area contributed by atoms with Crippen LogP contribution in [0.4, 0.5) is 0 Å². The maximum Gasteiger partial charge on any atom is 0.352 e. The maximum absolute atomic E-state index is 12.5. The van der Waals surface area contributed by atoms with E-state index in [-0.39, 0.29) is 11.3 Å². The first-order valence-corrected chi connectivity index (χ1v) is 8.79. The lowest BCUT2D eigenvalue weighted by Crippen LogP contribution is -2.27. The highest BCUT2D eigenvalue weighted by Gasteiger charge is 2.17. The summed E-state index contributed by atoms with van der Waals surface area (Å²) in [7, 11) is 1.44. The highest BCUT2D eigenvalue weighted by molar-refractivity contribution is 6.04. The van der Waals surface area contributed by atoms with E-state index in [2.05, 4.69) is 5.32 Å². The quantitative estimate of drug-likeness (QED) is 0.643. The fraction of sp³-hybridized carbons (Fsp3) is 0.238. The van der Waals surface area contributed by atoms with Crippen molar-refractivity contribution in [1.82, 2.24) is 5.32 Å². The van der Waals surface area contributed by atoms with Gasteiger partial charge >= 0.3 is 5.97 Å². The normalized spacial score (nSPS) is 10.9. The van der Waals surface area contributed by atoms with Gasteiger partial charge in [-0.25, -0.2) is 4.79 Å². The molecule has 7 heteroatoms. The molecule has 0 radical (unpaired) electrons. The zero-order valence-electron chi connectivity index (χ0n) is 16.0. The first-order valence-electron chi connectivity index (χ1n) is 8.79. The molecule has 0 spiro atoms. The molecule has 0 fully saturated rings. The first-order chi connectivity index (χ1) is 13.5. The third kappa shape index (κ3) is 5.26. The summed E-state index contributed by atoms with van der Waals surface area (Å²) < 4.78 is 16.2. The van der Waals surface area contributed by atoms with Crippen LogP contribution < -0.4 is 19.5 Å². The molecule has 7 nitrogen and oxygen atoms in total. The predicted octanol–water partition coefficient (Wildman–Crippen LogP) is 3.35. The van der Waals surface area contributed by atoms with Gasteiger partial charge in [0.1, 0.15) is 11.4 Å². The van der Waals surface area contributed by atoms with Gasteiger partial charge in [-0.05, 0) is 49.8 Å². The number of nitrogens with one attached hydrogen (secondary N) is 1. The fourth-order valence-corrected chi connectivity index (χ4v) is 2.50. The molecule has 0 aromatic heterocycles. The Morgan fingerprint density at radius 2 is 1.68 bits per heavy atom. The van der Waals surface area contributed by atoms with Gasteiger partial charge in [-0.1, -0.05) is 18.2 Å². The van der Waals surface area contributed by atoms with E-state index in [1.807, 2.05) is 13.8 Å². The molecule has 0 aliphatic rings. The Kier molecular flexibility index (Phi) is 7.45. The topological polar surface area (TPSA) is 94.1 Å². The van der Waals surface area contributed by atoms with E-state index in [0.29, 0.717) is 36.0 Å². The summed E-state index contributed by atoms with van der Waals surface area (Å²) in [4.78, 5) is 24.1. The van der Waals surface area contributed by atoms with Gasteiger partial charge in [0.25, 0.3) is 5.91 Å². The molecule has 0 aliphatic heterocycles. The van der Waals surface area contributed by atoms with Gasteiger partial charge in [-0.3, -0.25) is 4.79 Å². The molecule has 2 aromatic carbocycles. The minimum absolute atomic E-state index is 0.235. The van der Waals surface area contributed by atoms with Crippen LogP contribution in [0.1, 0.15) is 29.8 Å². The SMILES string of the molecule is CCOc1ccc(C=C(NC(=O)c2ccccc2OC)C(=O)O)cc1OCC. The lowest BCUT2D eigenvalue weighted by atomic mass is 10.1. The van der Waals surface area contributed by atoms with Gasteiger partial charge in [-0.2, -0.15) is 0 Å². The molecule has 0 heterocycles. The van der Waals surface area contributed by atoms with Crippen molar-refractivity contribution in [2.75, 3.05) is 20.3 Å². The molecular weight excluding hydrogens is 362 g/mol. The highest BCUT2D eigenvalue weighted by atomic mass is 16.5. The monoisotopic (exact) mass is 385 g/mol. The lowest BCUT2D eigenvalue weighted by molar-refractivity contribution is -0.132. The number of hydrogen-bond donors (Lipinski definition) is 2. The predicted molar refractivity (Wildman–Crippen MR) is 105 cm³/mol. The molecule has 0 atom stereocenters. The van der Waals surface area contributed by atoms with Gasteiger partial charge in [0.2, 0.25) is 0 Å². The molecule has 2 N–H and O–H groups in total. The molecule has 1 amide bonds. The van der Waals surface area contributed by atoms with Crippen LogP contribution in [0.3, 0.4) is 0 Å². The maximum atomic E-state index is 12.5. The summed E-state index contributed by atoms with van der Waals surface area (Å²) in [5.74, 6) is -0.433. The van der Waals surface area contributed by atoms with Gasteiger partial charge in [-0.15, -0.1) is 0 Å². The Morgan fingerprint density at radius 1 is 1.00 bits per heavy atom. The number of carboxylic acids is 1. The fourth-order valence-electron chi connectivity index (χ4n) is 2.50. The molecule has 0 bridgehead atoms. The number of para-hydroxylation sites is 1. The summed E-state index contributed by atoms with van der Waals surface area (Å²) in [6, 6.07) is 11.6. The number of ether oxygens (including phenoxy) is 3. The minimum atomic E-state index is -1.27. The lowest BCUT2D eigenvalue weighted by Gasteiger charge is -2.12. The second-order valence-electron chi connectivity index (χ2n) is 5.59. The van der Waals surface area contributed by atoms with Crippen LogP contribution in [-0.4, -0.2) is 37.3 Å². The van der Waals surface area contributed by atoms with Crippen molar-refractivity contribution >= 4 is 18.0 Å². The number of rotatable bonds is 9. The van der Waals surface area contributed by atoms with E-state index in [0.717, 1.165) is 0 Å². The summed E-state index contributed by atoms with van der Waals surface area (Å²) in [5, 5.41) is 11.9. The third-order valence-corrected chi connectivity index (χ3v) is 3.71. The number of methoxy groups -OCH3 is 1. The first kappa shape index (κ1) is 20.8. The van der Waals surface area contributed by atoms with Crippen LogP contribution in [0.15, 0.2) is 48.2 Å². The molecule has 28 heavy (non-hydrogen) atoms. The number of carbonyl (C=O) groups excluding carboxylic acids is 1. The Morgan fingerprint density at radius 3 is 2.32 bits per heavy atom. The van der Waals surface area contributed by atoms with Crippen molar-refractivity contribution in [3.8, 4) is 17.2 Å². The van der Waals surface area contributed by atoms with E-state index in [1.54, 1.807) is 42.5 Å². The standard InChI is InChI=1S/C21H23NO6/c1-4-27-18-11-10-14(13-19(18)28-5-2)12-16(21(24)25)22-20(23)15-8-6-7-9-17(15)26-3/h6-13H,4-5H2,1-3H3,(H,22,23)(H,24,25). The number of aliphatic carboxylic acids is 1. The largest absolute Gasteiger partial charge is 0.496 e. The van der Waals surface area contributed by atoms with Crippen molar-refractivity contribution in [1.29, 1.82) is 0 Å². The van der Waals surface area contributed by atoms with Crippen LogP contribution in [0.2, 0.25) is 0 Å². The number of carbonyl (C=O) groups is 2. The summed E-state index contributed by atoms with van der Waals surface area (Å²) >= 11 is 0. The highest BCUT2D eigenvalue weighted by Crippen LogP contribution is 2.29. The van der Waals surface area contributed by atoms with Crippen molar-refractivity contribution in [2.24, 2.45) is 0 Å². The second kappa shape index (κ2) is 10.0. The van der Waals surface area contributed by atoms with Crippen LogP contribution in [0, 0.1) is 0 Å². The average Bonchev–Trinajstić information content (AvgIpc) is 2.69. The summed E-state index contributed by atoms with van der Waals surface area (Å²) in [6.07, 6.45) is 1.36. The van der Waals surface area contributed by atoms with E-state index in [9.17, 15) is 14.7 Å². The number of hydrogen-bond acceptors (Lipinski definition) is 5. The van der Waals surface area contributed by atoms with Crippen molar-refractivity contribution in [2.45, 2.75) is 13.8 Å². The van der Waals surface area contributed by atoms with Gasteiger partial charge in [0, 0.05) is 0 Å². The van der Waals surface area contributed by atoms with Crippen LogP contribution in [0.25, 0.3) is 6.08 Å². The molecule has 0 saturated carbocycles. The number of carboxylic acid groups (broad SMARTS) is 1. The molecular formula is C21H23NO6. The van der Waals surface area contributed by atoms with E-state index < -0.39 is 11.9 Å². The van der Waals surface area contributed by atoms with Crippen molar-refractivity contribution in [3.05, 3.63) is 59.3 Å². The minimum Gasteiger partial charge on any atom is -0.496 e. The van der Waals surface area contributed by atoms with Crippen LogP contribution in [-0.2, 0) is 4.79 Å². The average molecular weight is 385 g/mol. The zero-order chi connectivity index (χ0) is 20.5. The van der Waals surface area contributed by atoms with Crippen molar-refractivity contribution in [3.63, 3.8) is 0 Å². The number of benzene rings is 2. The molecule has 0 aliphatic carbocycles. The van der Waals surface area contributed by atoms with Crippen LogP contribution >= 0.6 is 0 Å². The van der Waals surface area contributed by atoms with Gasteiger partial charge < -0.3 is 24.6 Å². The Bertz CT molecular complexity index is 875. The summed E-state index contributed by atoms with van der Waals surface area (Å²) in [5.41, 5.74) is 0.506. The smallest absolute Gasteiger partial charge is 0.352 e. The molecule has 0 saturated heterocycles. The molecule has 148 valence electrons. The van der Waals surface area contributed by atoms with Crippen LogP contribution in [0.5, 0.6) is 17.2 Å². The van der Waals surface area contributed by atoms with Gasteiger partial charge in [0.15, 0.2) is 11.5 Å².